The lowest BCUT2D eigenvalue weighted by atomic mass is 9.92. The summed E-state index contributed by atoms with van der Waals surface area (Å²) in [6.07, 6.45) is -3.01. The molecule has 0 radical (unpaired) electrons. The van der Waals surface area contributed by atoms with Gasteiger partial charge in [-0.15, -0.1) is 0 Å². The first-order valence-corrected chi connectivity index (χ1v) is 12.1. The van der Waals surface area contributed by atoms with E-state index in [0.29, 0.717) is 47.6 Å². The van der Waals surface area contributed by atoms with E-state index in [-0.39, 0.29) is 35.0 Å². The first-order valence-electron chi connectivity index (χ1n) is 11.4. The number of halogens is 5. The maximum atomic E-state index is 13.8. The summed E-state index contributed by atoms with van der Waals surface area (Å²) in [5, 5.41) is 10.6. The lowest BCUT2D eigenvalue weighted by Crippen LogP contribution is -2.49. The van der Waals surface area contributed by atoms with E-state index >= 15 is 0 Å². The summed E-state index contributed by atoms with van der Waals surface area (Å²) in [7, 11) is 0. The van der Waals surface area contributed by atoms with Gasteiger partial charge in [0.1, 0.15) is 11.6 Å². The highest BCUT2D eigenvalue weighted by molar-refractivity contribution is 6.36. The SMILES string of the molecule is CCOc1ccc(C#N)c(-c2ccc(C(F)(F)F)cc2)c1C(=O)N1CCN(c2ncc(Cl)cc2Cl)CC1. The molecule has 6 nitrogen and oxygen atoms in total. The summed E-state index contributed by atoms with van der Waals surface area (Å²) >= 11 is 12.2. The van der Waals surface area contributed by atoms with Crippen molar-refractivity contribution >= 4 is 34.9 Å². The Labute approximate surface area is 221 Å². The van der Waals surface area contributed by atoms with Crippen LogP contribution in [0, 0.1) is 11.3 Å². The molecule has 192 valence electrons. The van der Waals surface area contributed by atoms with Gasteiger partial charge in [0.05, 0.1) is 39.4 Å². The quantitative estimate of drug-likeness (QED) is 0.373. The zero-order valence-corrected chi connectivity index (χ0v) is 21.2. The van der Waals surface area contributed by atoms with Crippen LogP contribution in [0.5, 0.6) is 5.75 Å². The van der Waals surface area contributed by atoms with Crippen LogP contribution in [-0.2, 0) is 6.18 Å². The molecular formula is C26H21Cl2F3N4O2. The van der Waals surface area contributed by atoms with Crippen molar-refractivity contribution in [3.05, 3.63) is 75.4 Å². The molecule has 0 N–H and O–H groups in total. The van der Waals surface area contributed by atoms with E-state index in [1.165, 1.54) is 30.5 Å². The van der Waals surface area contributed by atoms with Crippen LogP contribution in [0.15, 0.2) is 48.7 Å². The van der Waals surface area contributed by atoms with Crippen LogP contribution in [0.2, 0.25) is 10.0 Å². The van der Waals surface area contributed by atoms with E-state index in [1.54, 1.807) is 17.9 Å². The molecular weight excluding hydrogens is 528 g/mol. The number of nitriles is 1. The summed E-state index contributed by atoms with van der Waals surface area (Å²) in [5.41, 5.74) is 0.00976. The summed E-state index contributed by atoms with van der Waals surface area (Å²) < 4.78 is 45.1. The van der Waals surface area contributed by atoms with Crippen LogP contribution in [0.3, 0.4) is 0 Å². The Balaban J connectivity index is 1.69. The van der Waals surface area contributed by atoms with Crippen LogP contribution < -0.4 is 9.64 Å². The standard InChI is InChI=1S/C26H21Cl2F3N4O2/c1-2-37-21-8-5-17(14-32)22(16-3-6-18(7-4-16)26(29,30)31)23(21)25(36)35-11-9-34(10-12-35)24-20(28)13-19(27)15-33-24/h3-8,13,15H,2,9-12H2,1H3. The zero-order chi connectivity index (χ0) is 26.7. The van der Waals surface area contributed by atoms with E-state index in [2.05, 4.69) is 11.1 Å². The number of rotatable bonds is 5. The summed E-state index contributed by atoms with van der Waals surface area (Å²) in [6.45, 7) is 3.55. The first-order chi connectivity index (χ1) is 17.6. The summed E-state index contributed by atoms with van der Waals surface area (Å²) in [4.78, 5) is 21.7. The minimum atomic E-state index is -4.51. The maximum absolute atomic E-state index is 13.8. The van der Waals surface area contributed by atoms with Crippen molar-refractivity contribution in [2.75, 3.05) is 37.7 Å². The van der Waals surface area contributed by atoms with E-state index in [1.807, 2.05) is 4.90 Å². The molecule has 0 atom stereocenters. The number of ether oxygens (including phenoxy) is 1. The molecule has 0 bridgehead atoms. The van der Waals surface area contributed by atoms with Crippen molar-refractivity contribution in [1.29, 1.82) is 5.26 Å². The molecule has 0 saturated carbocycles. The molecule has 0 unspecified atom stereocenters. The van der Waals surface area contributed by atoms with Crippen molar-refractivity contribution in [3.63, 3.8) is 0 Å². The third kappa shape index (κ3) is 5.60. The van der Waals surface area contributed by atoms with Crippen molar-refractivity contribution in [1.82, 2.24) is 9.88 Å². The Morgan fingerprint density at radius 1 is 1.11 bits per heavy atom. The van der Waals surface area contributed by atoms with Crippen LogP contribution in [-0.4, -0.2) is 48.6 Å². The van der Waals surface area contributed by atoms with Crippen molar-refractivity contribution in [2.45, 2.75) is 13.1 Å². The third-order valence-corrected chi connectivity index (χ3v) is 6.44. The fourth-order valence-corrected chi connectivity index (χ4v) is 4.71. The molecule has 4 rings (SSSR count). The van der Waals surface area contributed by atoms with Crippen LogP contribution in [0.4, 0.5) is 19.0 Å². The molecule has 0 spiro atoms. The minimum Gasteiger partial charge on any atom is -0.493 e. The minimum absolute atomic E-state index is 0.136. The predicted molar refractivity (Wildman–Crippen MR) is 135 cm³/mol. The van der Waals surface area contributed by atoms with Gasteiger partial charge in [0, 0.05) is 37.9 Å². The van der Waals surface area contributed by atoms with Gasteiger partial charge in [0.15, 0.2) is 0 Å². The lowest BCUT2D eigenvalue weighted by molar-refractivity contribution is -0.137. The number of aromatic nitrogens is 1. The molecule has 1 saturated heterocycles. The molecule has 1 aliphatic heterocycles. The number of piperazine rings is 1. The molecule has 37 heavy (non-hydrogen) atoms. The molecule has 2 heterocycles. The average Bonchev–Trinajstić information content (AvgIpc) is 2.88. The van der Waals surface area contributed by atoms with Crippen LogP contribution >= 0.6 is 23.2 Å². The van der Waals surface area contributed by atoms with E-state index in [4.69, 9.17) is 27.9 Å². The van der Waals surface area contributed by atoms with Crippen LogP contribution in [0.25, 0.3) is 11.1 Å². The van der Waals surface area contributed by atoms with E-state index in [9.17, 15) is 23.2 Å². The normalized spacial score (nSPS) is 13.9. The Hall–Kier alpha value is -3.48. The first kappa shape index (κ1) is 26.6. The Kier molecular flexibility index (Phi) is 7.81. The van der Waals surface area contributed by atoms with Crippen molar-refractivity contribution < 1.29 is 22.7 Å². The van der Waals surface area contributed by atoms with Crippen molar-refractivity contribution in [2.24, 2.45) is 0 Å². The fourth-order valence-electron chi connectivity index (χ4n) is 4.21. The molecule has 1 aromatic heterocycles. The second kappa shape index (κ2) is 10.9. The number of hydrogen-bond acceptors (Lipinski definition) is 5. The maximum Gasteiger partial charge on any atom is 0.416 e. The topological polar surface area (TPSA) is 69.5 Å². The number of amides is 1. The van der Waals surface area contributed by atoms with Gasteiger partial charge in [0.2, 0.25) is 0 Å². The van der Waals surface area contributed by atoms with Crippen LogP contribution in [0.1, 0.15) is 28.4 Å². The summed E-state index contributed by atoms with van der Waals surface area (Å²) in [5.74, 6) is 0.432. The fraction of sp³-hybridized carbons (Fsp3) is 0.269. The van der Waals surface area contributed by atoms with Gasteiger partial charge in [0.25, 0.3) is 5.91 Å². The second-order valence-electron chi connectivity index (χ2n) is 8.22. The number of pyridine rings is 1. The molecule has 1 fully saturated rings. The number of carbonyl (C=O) groups is 1. The average molecular weight is 549 g/mol. The number of hydrogen-bond donors (Lipinski definition) is 0. The molecule has 1 aliphatic rings. The number of alkyl halides is 3. The molecule has 3 aromatic rings. The highest BCUT2D eigenvalue weighted by Crippen LogP contribution is 2.37. The number of anilines is 1. The molecule has 1 amide bonds. The smallest absolute Gasteiger partial charge is 0.416 e. The lowest BCUT2D eigenvalue weighted by Gasteiger charge is -2.36. The highest BCUT2D eigenvalue weighted by Gasteiger charge is 2.32. The van der Waals surface area contributed by atoms with E-state index < -0.39 is 11.7 Å². The largest absolute Gasteiger partial charge is 0.493 e. The van der Waals surface area contributed by atoms with Gasteiger partial charge < -0.3 is 14.5 Å². The van der Waals surface area contributed by atoms with Gasteiger partial charge in [-0.05, 0) is 42.8 Å². The third-order valence-electron chi connectivity index (χ3n) is 5.96. The number of nitrogens with zero attached hydrogens (tertiary/aromatic N) is 4. The number of benzene rings is 2. The van der Waals surface area contributed by atoms with Crippen molar-refractivity contribution in [3.8, 4) is 22.9 Å². The van der Waals surface area contributed by atoms with Gasteiger partial charge in [-0.3, -0.25) is 4.79 Å². The number of carbonyl (C=O) groups excluding carboxylic acids is 1. The Bertz CT molecular complexity index is 1350. The van der Waals surface area contributed by atoms with Gasteiger partial charge in [-0.1, -0.05) is 35.3 Å². The predicted octanol–water partition coefficient (Wildman–Crippen LogP) is 6.31. The Morgan fingerprint density at radius 2 is 1.78 bits per heavy atom. The van der Waals surface area contributed by atoms with E-state index in [0.717, 1.165) is 12.1 Å². The van der Waals surface area contributed by atoms with Gasteiger partial charge in [-0.2, -0.15) is 18.4 Å². The summed E-state index contributed by atoms with van der Waals surface area (Å²) in [6, 6.07) is 11.1. The van der Waals surface area contributed by atoms with Gasteiger partial charge in [-0.25, -0.2) is 4.98 Å². The molecule has 11 heteroatoms. The second-order valence-corrected chi connectivity index (χ2v) is 9.06. The van der Waals surface area contributed by atoms with Gasteiger partial charge >= 0.3 is 6.18 Å². The monoisotopic (exact) mass is 548 g/mol. The Morgan fingerprint density at radius 3 is 2.35 bits per heavy atom. The molecule has 0 aliphatic carbocycles. The zero-order valence-electron chi connectivity index (χ0n) is 19.6. The highest BCUT2D eigenvalue weighted by atomic mass is 35.5. The molecule has 2 aromatic carbocycles.